The molecular formula is C45H53N3O6S. The van der Waals surface area contributed by atoms with E-state index in [2.05, 4.69) is 59.0 Å². The molecule has 1 aliphatic heterocycles. The SMILES string of the molecule is C=CCOC12Oc3ccc(Oc4ccc5ccccc5c4)cc3C3C(CCCCO)C(CCCCO)C=C(C(=NOCC)CC1SCCc1cnccn1)C32. The van der Waals surface area contributed by atoms with Gasteiger partial charge >= 0.3 is 0 Å². The number of hydrogen-bond donors (Lipinski definition) is 2. The molecule has 55 heavy (non-hydrogen) atoms. The normalized spacial score (nSPS) is 24.7. The molecule has 1 aromatic heterocycles. The van der Waals surface area contributed by atoms with Crippen LogP contribution in [0.5, 0.6) is 17.2 Å². The van der Waals surface area contributed by atoms with Gasteiger partial charge in [0, 0.05) is 56.1 Å². The summed E-state index contributed by atoms with van der Waals surface area (Å²) in [6, 6.07) is 20.7. The van der Waals surface area contributed by atoms with E-state index in [0.29, 0.717) is 19.6 Å². The molecule has 3 aliphatic rings. The molecule has 3 aromatic carbocycles. The molecular weight excluding hydrogens is 711 g/mol. The zero-order valence-corrected chi connectivity index (χ0v) is 32.5. The van der Waals surface area contributed by atoms with E-state index in [1.165, 1.54) is 0 Å². The van der Waals surface area contributed by atoms with Crippen LogP contribution in [0, 0.1) is 17.8 Å². The van der Waals surface area contributed by atoms with E-state index in [1.807, 2.05) is 49.1 Å². The topological polar surface area (TPSA) is 116 Å². The van der Waals surface area contributed by atoms with Crippen LogP contribution in [-0.2, 0) is 16.0 Å². The van der Waals surface area contributed by atoms with Crippen LogP contribution < -0.4 is 9.47 Å². The second kappa shape index (κ2) is 18.6. The highest BCUT2D eigenvalue weighted by atomic mass is 32.2. The van der Waals surface area contributed by atoms with Crippen molar-refractivity contribution in [3.63, 3.8) is 0 Å². The van der Waals surface area contributed by atoms with Gasteiger partial charge in [-0.3, -0.25) is 9.97 Å². The van der Waals surface area contributed by atoms with E-state index in [9.17, 15) is 10.2 Å². The molecule has 0 radical (unpaired) electrons. The van der Waals surface area contributed by atoms with Gasteiger partial charge in [-0.25, -0.2) is 0 Å². The average Bonchev–Trinajstić information content (AvgIpc) is 3.21. The van der Waals surface area contributed by atoms with Gasteiger partial charge < -0.3 is 29.3 Å². The van der Waals surface area contributed by atoms with Crippen molar-refractivity contribution in [1.29, 1.82) is 0 Å². The van der Waals surface area contributed by atoms with Crippen LogP contribution in [0.25, 0.3) is 10.8 Å². The Hall–Kier alpha value is -4.22. The van der Waals surface area contributed by atoms with Gasteiger partial charge in [-0.05, 0) is 96.9 Å². The van der Waals surface area contributed by atoms with Gasteiger partial charge in [-0.1, -0.05) is 60.5 Å². The third-order valence-corrected chi connectivity index (χ3v) is 12.5. The maximum absolute atomic E-state index is 9.91. The van der Waals surface area contributed by atoms with Crippen molar-refractivity contribution < 1.29 is 29.3 Å². The van der Waals surface area contributed by atoms with Gasteiger partial charge in [0.1, 0.15) is 23.9 Å². The lowest BCUT2D eigenvalue weighted by Gasteiger charge is -2.58. The van der Waals surface area contributed by atoms with E-state index in [4.69, 9.17) is 24.2 Å². The molecule has 0 saturated heterocycles. The van der Waals surface area contributed by atoms with Crippen molar-refractivity contribution >= 4 is 28.2 Å². The number of hydrogen-bond acceptors (Lipinski definition) is 10. The van der Waals surface area contributed by atoms with Gasteiger partial charge in [0.15, 0.2) is 0 Å². The fourth-order valence-electron chi connectivity index (χ4n) is 8.81. The Labute approximate surface area is 328 Å². The molecule has 9 nitrogen and oxygen atoms in total. The molecule has 4 aromatic rings. The van der Waals surface area contributed by atoms with Crippen LogP contribution >= 0.6 is 11.8 Å². The molecule has 7 rings (SSSR count). The fourth-order valence-corrected chi connectivity index (χ4v) is 10.2. The third-order valence-electron chi connectivity index (χ3n) is 11.2. The number of aromatic nitrogens is 2. The first-order chi connectivity index (χ1) is 27.1. The molecule has 290 valence electrons. The number of nitrogens with zero attached hydrogens (tertiary/aromatic N) is 3. The molecule has 6 unspecified atom stereocenters. The summed E-state index contributed by atoms with van der Waals surface area (Å²) in [6.07, 6.45) is 16.0. The second-order valence-electron chi connectivity index (χ2n) is 14.6. The highest BCUT2D eigenvalue weighted by Gasteiger charge is 2.64. The fraction of sp³-hybridized carbons (Fsp3) is 0.444. The summed E-state index contributed by atoms with van der Waals surface area (Å²) in [7, 11) is 0. The molecule has 6 atom stereocenters. The van der Waals surface area contributed by atoms with E-state index >= 15 is 0 Å². The predicted molar refractivity (Wildman–Crippen MR) is 219 cm³/mol. The quantitative estimate of drug-likeness (QED) is 0.0549. The lowest BCUT2D eigenvalue weighted by molar-refractivity contribution is -0.223. The number of oxime groups is 1. The van der Waals surface area contributed by atoms with Crippen molar-refractivity contribution in [1.82, 2.24) is 9.97 Å². The summed E-state index contributed by atoms with van der Waals surface area (Å²) in [4.78, 5) is 14.7. The minimum Gasteiger partial charge on any atom is -0.460 e. The maximum Gasteiger partial charge on any atom is 0.230 e. The van der Waals surface area contributed by atoms with Crippen LogP contribution in [0.2, 0.25) is 0 Å². The average molecular weight is 764 g/mol. The first-order valence-corrected chi connectivity index (χ1v) is 20.9. The van der Waals surface area contributed by atoms with Crippen molar-refractivity contribution in [2.75, 3.05) is 32.2 Å². The van der Waals surface area contributed by atoms with Crippen molar-refractivity contribution in [2.24, 2.45) is 22.9 Å². The molecule has 2 aliphatic carbocycles. The van der Waals surface area contributed by atoms with E-state index in [0.717, 1.165) is 101 Å². The molecule has 1 saturated carbocycles. The summed E-state index contributed by atoms with van der Waals surface area (Å²) in [6.45, 7) is 7.11. The lowest BCUT2D eigenvalue weighted by atomic mass is 9.56. The Morgan fingerprint density at radius 1 is 0.982 bits per heavy atom. The number of aliphatic hydroxyl groups excluding tert-OH is 2. The Bertz CT molecular complexity index is 1960. The molecule has 0 spiro atoms. The number of rotatable bonds is 19. The standard InChI is InChI=1S/C45H53N3O6S/c1-3-24-51-45-42(55-25-19-34-30-46-20-21-47-34)29-40(48-52-4-2)38-27-33(13-7-9-22-49)37(14-8-10-23-50)43(44(38)45)39-28-36(17-18-41(39)54-45)53-35-16-15-31-11-5-6-12-32(31)26-35/h3,5-6,11-12,15-18,20-21,26-28,30,33,37,42-44,49-50H,1,4,7-10,13-14,19,22-25,29H2,2H3. The molecule has 0 bridgehead atoms. The maximum atomic E-state index is 9.91. The van der Waals surface area contributed by atoms with Crippen molar-refractivity contribution in [3.8, 4) is 17.2 Å². The zero-order valence-electron chi connectivity index (χ0n) is 31.7. The second-order valence-corrected chi connectivity index (χ2v) is 15.9. The molecule has 2 heterocycles. The summed E-state index contributed by atoms with van der Waals surface area (Å²) in [5.41, 5.74) is 4.08. The van der Waals surface area contributed by atoms with Crippen LogP contribution in [0.15, 0.2) is 109 Å². The molecule has 2 N–H and O–H groups in total. The van der Waals surface area contributed by atoms with Crippen molar-refractivity contribution in [2.45, 2.75) is 75.2 Å². The molecule has 0 amide bonds. The highest BCUT2D eigenvalue weighted by molar-refractivity contribution is 8.00. The summed E-state index contributed by atoms with van der Waals surface area (Å²) < 4.78 is 21.0. The number of aryl methyl sites for hydroxylation is 1. The molecule has 1 fully saturated rings. The number of aliphatic hydroxyl groups is 2. The smallest absolute Gasteiger partial charge is 0.230 e. The number of ether oxygens (including phenoxy) is 3. The predicted octanol–water partition coefficient (Wildman–Crippen LogP) is 9.05. The molecule has 10 heteroatoms. The minimum atomic E-state index is -1.03. The van der Waals surface area contributed by atoms with E-state index in [-0.39, 0.29) is 42.1 Å². The Balaban J connectivity index is 1.35. The van der Waals surface area contributed by atoms with Gasteiger partial charge in [0.05, 0.1) is 29.2 Å². The van der Waals surface area contributed by atoms with Crippen LogP contribution in [0.4, 0.5) is 0 Å². The summed E-state index contributed by atoms with van der Waals surface area (Å²) >= 11 is 1.82. The Kier molecular flexibility index (Phi) is 13.2. The van der Waals surface area contributed by atoms with E-state index < -0.39 is 5.79 Å². The zero-order chi connectivity index (χ0) is 38.0. The Morgan fingerprint density at radius 2 is 1.78 bits per heavy atom. The van der Waals surface area contributed by atoms with Gasteiger partial charge in [-0.15, -0.1) is 6.58 Å². The first kappa shape index (κ1) is 39.0. The largest absolute Gasteiger partial charge is 0.460 e. The number of benzene rings is 3. The summed E-state index contributed by atoms with van der Waals surface area (Å²) in [5.74, 6) is 2.28. The van der Waals surface area contributed by atoms with E-state index in [1.54, 1.807) is 18.5 Å². The van der Waals surface area contributed by atoms with Crippen LogP contribution in [-0.4, -0.2) is 69.1 Å². The van der Waals surface area contributed by atoms with Gasteiger partial charge in [-0.2, -0.15) is 11.8 Å². The highest BCUT2D eigenvalue weighted by Crippen LogP contribution is 2.62. The monoisotopic (exact) mass is 763 g/mol. The Morgan fingerprint density at radius 3 is 2.56 bits per heavy atom. The minimum absolute atomic E-state index is 0.0123. The number of fused-ring (bicyclic) bond motifs is 3. The van der Waals surface area contributed by atoms with Crippen LogP contribution in [0.3, 0.4) is 0 Å². The lowest BCUT2D eigenvalue weighted by Crippen LogP contribution is -2.64. The van der Waals surface area contributed by atoms with Crippen molar-refractivity contribution in [3.05, 3.63) is 115 Å². The summed E-state index contributed by atoms with van der Waals surface area (Å²) in [5, 5.41) is 26.7. The van der Waals surface area contributed by atoms with Gasteiger partial charge in [0.2, 0.25) is 5.79 Å². The number of thioether (sulfide) groups is 1. The number of allylic oxidation sites excluding steroid dienone is 1. The van der Waals surface area contributed by atoms with Gasteiger partial charge in [0.25, 0.3) is 0 Å². The number of unbranched alkanes of at least 4 members (excludes halogenated alkanes) is 2. The van der Waals surface area contributed by atoms with Crippen LogP contribution in [0.1, 0.15) is 69.0 Å². The third kappa shape index (κ3) is 8.63. The first-order valence-electron chi connectivity index (χ1n) is 19.8.